The van der Waals surface area contributed by atoms with E-state index in [4.69, 9.17) is 9.84 Å². The Morgan fingerprint density at radius 2 is 0.977 bits per heavy atom. The highest BCUT2D eigenvalue weighted by molar-refractivity contribution is 5.69. The van der Waals surface area contributed by atoms with Crippen molar-refractivity contribution in [1.82, 2.24) is 0 Å². The van der Waals surface area contributed by atoms with Crippen molar-refractivity contribution >= 4 is 11.9 Å². The molecule has 1 unspecified atom stereocenters. The van der Waals surface area contributed by atoms with Crippen LogP contribution in [0.3, 0.4) is 0 Å². The van der Waals surface area contributed by atoms with Gasteiger partial charge < -0.3 is 9.84 Å². The number of ether oxygens (including phenoxy) is 1. The summed E-state index contributed by atoms with van der Waals surface area (Å²) in [5, 5.41) is 8.97. The van der Waals surface area contributed by atoms with Crippen LogP contribution in [0.5, 0.6) is 0 Å². The van der Waals surface area contributed by atoms with Crippen molar-refractivity contribution in [2.24, 2.45) is 0 Å². The summed E-state index contributed by atoms with van der Waals surface area (Å²) in [6.45, 7) is 4.40. The van der Waals surface area contributed by atoms with Gasteiger partial charge in [0.05, 0.1) is 0 Å². The molecule has 4 nitrogen and oxygen atoms in total. The van der Waals surface area contributed by atoms with Crippen LogP contribution in [0, 0.1) is 0 Å². The second-order valence-electron chi connectivity index (χ2n) is 11.7. The fraction of sp³-hybridized carbons (Fsp3) is 0.650. The Morgan fingerprint density at radius 1 is 0.523 bits per heavy atom. The zero-order chi connectivity index (χ0) is 32.2. The van der Waals surface area contributed by atoms with Crippen molar-refractivity contribution in [2.45, 2.75) is 168 Å². The lowest BCUT2D eigenvalue weighted by Crippen LogP contribution is -2.18. The Labute approximate surface area is 271 Å². The molecule has 250 valence electrons. The molecule has 0 fully saturated rings. The van der Waals surface area contributed by atoms with Gasteiger partial charge >= 0.3 is 11.9 Å². The van der Waals surface area contributed by atoms with E-state index in [1.165, 1.54) is 44.9 Å². The molecule has 0 aromatic carbocycles. The topological polar surface area (TPSA) is 63.6 Å². The van der Waals surface area contributed by atoms with Crippen molar-refractivity contribution in [3.05, 3.63) is 72.9 Å². The minimum atomic E-state index is -0.785. The molecule has 4 heteroatoms. The average Bonchev–Trinajstić information content (AvgIpc) is 3.00. The molecular formula is C40H66O4. The maximum absolute atomic E-state index is 12.4. The van der Waals surface area contributed by atoms with Crippen molar-refractivity contribution in [3.63, 3.8) is 0 Å². The molecule has 1 N–H and O–H groups in total. The molecule has 0 bridgehead atoms. The molecule has 1 atom stereocenters. The van der Waals surface area contributed by atoms with E-state index in [0.29, 0.717) is 19.3 Å². The number of esters is 1. The van der Waals surface area contributed by atoms with Gasteiger partial charge in [-0.3, -0.25) is 9.59 Å². The summed E-state index contributed by atoms with van der Waals surface area (Å²) in [4.78, 5) is 23.3. The van der Waals surface area contributed by atoms with Crippen molar-refractivity contribution < 1.29 is 19.4 Å². The van der Waals surface area contributed by atoms with Crippen molar-refractivity contribution in [3.8, 4) is 0 Å². The quantitative estimate of drug-likeness (QED) is 0.0482. The number of rotatable bonds is 31. The SMILES string of the molecule is CC/C=C\C/C=C\C/C=C\C/C=C\C/C=C\C/C=C\CCCCC(=O)OC(CCCCCCCCCCC)CCCC(=O)O. The third kappa shape index (κ3) is 33.9. The van der Waals surface area contributed by atoms with Gasteiger partial charge in [-0.15, -0.1) is 0 Å². The Hall–Kier alpha value is -2.62. The molecular weight excluding hydrogens is 544 g/mol. The zero-order valence-corrected chi connectivity index (χ0v) is 28.4. The highest BCUT2D eigenvalue weighted by Crippen LogP contribution is 2.17. The van der Waals surface area contributed by atoms with E-state index in [2.05, 4.69) is 86.8 Å². The molecule has 44 heavy (non-hydrogen) atoms. The van der Waals surface area contributed by atoms with Gasteiger partial charge in [0, 0.05) is 12.8 Å². The standard InChI is InChI=1S/C40H66O4/c1-3-5-7-9-11-13-14-15-16-17-18-19-20-21-22-23-24-26-28-30-32-37-40(43)44-38(35-33-36-39(41)42)34-31-29-27-25-12-10-8-6-4-2/h5,7,11,13,15-16,18-19,21-22,24,26,38H,3-4,6,8-10,12,14,17,20,23,25,27-37H2,1-2H3,(H,41,42)/b7-5-,13-11-,16-15-,19-18-,22-21-,26-24-. The summed E-state index contributed by atoms with van der Waals surface area (Å²) in [7, 11) is 0. The number of unbranched alkanes of at least 4 members (excludes halogenated alkanes) is 10. The van der Waals surface area contributed by atoms with E-state index in [1.54, 1.807) is 0 Å². The van der Waals surface area contributed by atoms with E-state index < -0.39 is 5.97 Å². The van der Waals surface area contributed by atoms with E-state index in [1.807, 2.05) is 0 Å². The minimum Gasteiger partial charge on any atom is -0.481 e. The van der Waals surface area contributed by atoms with Crippen LogP contribution in [0.25, 0.3) is 0 Å². The number of carbonyl (C=O) groups is 2. The molecule has 0 aliphatic heterocycles. The van der Waals surface area contributed by atoms with Crippen LogP contribution in [-0.2, 0) is 14.3 Å². The van der Waals surface area contributed by atoms with Crippen LogP contribution in [-0.4, -0.2) is 23.1 Å². The summed E-state index contributed by atoms with van der Waals surface area (Å²) in [6.07, 6.45) is 49.1. The Bertz CT molecular complexity index is 830. The molecule has 0 aliphatic rings. The third-order valence-corrected chi connectivity index (χ3v) is 7.44. The summed E-state index contributed by atoms with van der Waals surface area (Å²) < 4.78 is 5.78. The monoisotopic (exact) mass is 610 g/mol. The molecule has 0 spiro atoms. The lowest BCUT2D eigenvalue weighted by atomic mass is 10.0. The molecule has 0 aromatic heterocycles. The van der Waals surface area contributed by atoms with Crippen LogP contribution in [0.1, 0.15) is 162 Å². The number of hydrogen-bond donors (Lipinski definition) is 1. The average molecular weight is 611 g/mol. The number of carboxylic acid groups (broad SMARTS) is 1. The van der Waals surface area contributed by atoms with Crippen LogP contribution >= 0.6 is 0 Å². The molecule has 0 saturated carbocycles. The second-order valence-corrected chi connectivity index (χ2v) is 11.7. The van der Waals surface area contributed by atoms with Crippen LogP contribution in [0.15, 0.2) is 72.9 Å². The molecule has 0 aliphatic carbocycles. The normalized spacial score (nSPS) is 13.1. The van der Waals surface area contributed by atoms with Gasteiger partial charge in [0.25, 0.3) is 0 Å². The molecule has 0 radical (unpaired) electrons. The van der Waals surface area contributed by atoms with Gasteiger partial charge in [0.1, 0.15) is 6.10 Å². The molecule has 0 rings (SSSR count). The maximum Gasteiger partial charge on any atom is 0.306 e. The highest BCUT2D eigenvalue weighted by atomic mass is 16.5. The number of carbonyl (C=O) groups excluding carboxylic acids is 1. The van der Waals surface area contributed by atoms with Crippen LogP contribution in [0.2, 0.25) is 0 Å². The first-order valence-electron chi connectivity index (χ1n) is 17.9. The molecule has 0 aromatic rings. The van der Waals surface area contributed by atoms with Crippen LogP contribution < -0.4 is 0 Å². The summed E-state index contributed by atoms with van der Waals surface area (Å²) >= 11 is 0. The largest absolute Gasteiger partial charge is 0.481 e. The highest BCUT2D eigenvalue weighted by Gasteiger charge is 2.15. The Balaban J connectivity index is 3.94. The number of aliphatic carboxylic acids is 1. The third-order valence-electron chi connectivity index (χ3n) is 7.44. The molecule has 0 saturated heterocycles. The number of hydrogen-bond acceptors (Lipinski definition) is 3. The van der Waals surface area contributed by atoms with E-state index in [-0.39, 0.29) is 18.5 Å². The first kappa shape index (κ1) is 41.4. The Kier molecular flexibility index (Phi) is 32.8. The van der Waals surface area contributed by atoms with Gasteiger partial charge in [-0.25, -0.2) is 0 Å². The fourth-order valence-electron chi connectivity index (χ4n) is 4.84. The van der Waals surface area contributed by atoms with Gasteiger partial charge in [0.2, 0.25) is 0 Å². The van der Waals surface area contributed by atoms with Gasteiger partial charge in [-0.1, -0.05) is 138 Å². The van der Waals surface area contributed by atoms with Gasteiger partial charge in [0.15, 0.2) is 0 Å². The summed E-state index contributed by atoms with van der Waals surface area (Å²) in [6, 6.07) is 0. The van der Waals surface area contributed by atoms with E-state index in [0.717, 1.165) is 77.0 Å². The summed E-state index contributed by atoms with van der Waals surface area (Å²) in [5.74, 6) is -0.920. The predicted molar refractivity (Wildman–Crippen MR) is 190 cm³/mol. The van der Waals surface area contributed by atoms with Gasteiger partial charge in [-0.05, 0) is 83.5 Å². The minimum absolute atomic E-state index is 0.135. The molecule has 0 amide bonds. The second kappa shape index (κ2) is 34.9. The predicted octanol–water partition coefficient (Wildman–Crippen LogP) is 12.3. The van der Waals surface area contributed by atoms with E-state index in [9.17, 15) is 9.59 Å². The van der Waals surface area contributed by atoms with Gasteiger partial charge in [-0.2, -0.15) is 0 Å². The lowest BCUT2D eigenvalue weighted by molar-refractivity contribution is -0.150. The smallest absolute Gasteiger partial charge is 0.306 e. The van der Waals surface area contributed by atoms with Crippen molar-refractivity contribution in [2.75, 3.05) is 0 Å². The van der Waals surface area contributed by atoms with E-state index >= 15 is 0 Å². The lowest BCUT2D eigenvalue weighted by Gasteiger charge is -2.18. The first-order valence-corrected chi connectivity index (χ1v) is 17.9. The van der Waals surface area contributed by atoms with Crippen molar-refractivity contribution in [1.29, 1.82) is 0 Å². The molecule has 0 heterocycles. The fourth-order valence-corrected chi connectivity index (χ4v) is 4.84. The van der Waals surface area contributed by atoms with Crippen LogP contribution in [0.4, 0.5) is 0 Å². The maximum atomic E-state index is 12.4. The zero-order valence-electron chi connectivity index (χ0n) is 28.4. The first-order chi connectivity index (χ1) is 21.6. The number of allylic oxidation sites excluding steroid dienone is 12. The summed E-state index contributed by atoms with van der Waals surface area (Å²) in [5.41, 5.74) is 0. The Morgan fingerprint density at radius 3 is 1.48 bits per heavy atom. The number of carboxylic acids is 1.